The summed E-state index contributed by atoms with van der Waals surface area (Å²) in [5.41, 5.74) is 5.92. The predicted molar refractivity (Wildman–Crippen MR) is 79.9 cm³/mol. The highest BCUT2D eigenvalue weighted by atomic mass is 16.2. The molecule has 0 bridgehead atoms. The van der Waals surface area contributed by atoms with E-state index in [0.29, 0.717) is 6.54 Å². The molecule has 4 nitrogen and oxygen atoms in total. The summed E-state index contributed by atoms with van der Waals surface area (Å²) in [5.74, 6) is 0.892. The van der Waals surface area contributed by atoms with Gasteiger partial charge in [0.1, 0.15) is 0 Å². The maximum Gasteiger partial charge on any atom is 0.234 e. The first kappa shape index (κ1) is 16.4. The van der Waals surface area contributed by atoms with Gasteiger partial charge in [0.25, 0.3) is 0 Å². The third-order valence-corrected chi connectivity index (χ3v) is 3.74. The van der Waals surface area contributed by atoms with Crippen molar-refractivity contribution in [1.29, 1.82) is 0 Å². The van der Waals surface area contributed by atoms with Crippen molar-refractivity contribution < 1.29 is 4.79 Å². The van der Waals surface area contributed by atoms with Gasteiger partial charge in [-0.1, -0.05) is 26.7 Å². The van der Waals surface area contributed by atoms with Crippen molar-refractivity contribution in [2.45, 2.75) is 65.0 Å². The minimum atomic E-state index is 0.145. The Kier molecular flexibility index (Phi) is 7.39. The molecular weight excluding hydrogens is 238 g/mol. The summed E-state index contributed by atoms with van der Waals surface area (Å²) in [6, 6.07) is 0.523. The maximum absolute atomic E-state index is 11.9. The first-order valence-corrected chi connectivity index (χ1v) is 7.74. The van der Waals surface area contributed by atoms with Gasteiger partial charge in [-0.15, -0.1) is 0 Å². The van der Waals surface area contributed by atoms with E-state index in [1.807, 2.05) is 0 Å². The number of carbonyl (C=O) groups is 1. The molecule has 1 aliphatic rings. The molecule has 0 aromatic carbocycles. The number of nitrogens with one attached hydrogen (secondary N) is 1. The van der Waals surface area contributed by atoms with Gasteiger partial charge in [-0.25, -0.2) is 0 Å². The fourth-order valence-corrected chi connectivity index (χ4v) is 2.66. The fourth-order valence-electron chi connectivity index (χ4n) is 2.66. The van der Waals surface area contributed by atoms with E-state index in [-0.39, 0.29) is 18.0 Å². The number of piperidine rings is 1. The SMILES string of the molecule is CC(C)CCCC(C)NC(=O)CN1CCC[C@@H](N)C1. The molecule has 3 N–H and O–H groups in total. The molecule has 0 radical (unpaired) electrons. The summed E-state index contributed by atoms with van der Waals surface area (Å²) < 4.78 is 0. The van der Waals surface area contributed by atoms with E-state index in [1.54, 1.807) is 0 Å². The zero-order valence-corrected chi connectivity index (χ0v) is 12.8. The van der Waals surface area contributed by atoms with Crippen molar-refractivity contribution in [2.24, 2.45) is 11.7 Å². The second-order valence-corrected chi connectivity index (χ2v) is 6.43. The lowest BCUT2D eigenvalue weighted by Crippen LogP contribution is -2.48. The van der Waals surface area contributed by atoms with Gasteiger partial charge in [-0.3, -0.25) is 9.69 Å². The van der Waals surface area contributed by atoms with E-state index < -0.39 is 0 Å². The van der Waals surface area contributed by atoms with Gasteiger partial charge in [-0.05, 0) is 38.6 Å². The van der Waals surface area contributed by atoms with Crippen molar-refractivity contribution in [1.82, 2.24) is 10.2 Å². The van der Waals surface area contributed by atoms with Crippen LogP contribution in [0, 0.1) is 5.92 Å². The second kappa shape index (κ2) is 8.54. The van der Waals surface area contributed by atoms with Crippen molar-refractivity contribution >= 4 is 5.91 Å². The van der Waals surface area contributed by atoms with Crippen molar-refractivity contribution in [3.63, 3.8) is 0 Å². The molecule has 0 spiro atoms. The van der Waals surface area contributed by atoms with Gasteiger partial charge < -0.3 is 11.1 Å². The van der Waals surface area contributed by atoms with E-state index >= 15 is 0 Å². The lowest BCUT2D eigenvalue weighted by atomic mass is 10.0. The average molecular weight is 269 g/mol. The Bertz CT molecular complexity index is 268. The molecule has 19 heavy (non-hydrogen) atoms. The van der Waals surface area contributed by atoms with Gasteiger partial charge >= 0.3 is 0 Å². The minimum Gasteiger partial charge on any atom is -0.353 e. The number of likely N-dealkylation sites (tertiary alicyclic amines) is 1. The molecule has 2 atom stereocenters. The van der Waals surface area contributed by atoms with Crippen LogP contribution in [-0.2, 0) is 4.79 Å². The topological polar surface area (TPSA) is 58.4 Å². The van der Waals surface area contributed by atoms with Crippen LogP contribution in [0.15, 0.2) is 0 Å². The van der Waals surface area contributed by atoms with Gasteiger partial charge in [0.15, 0.2) is 0 Å². The highest BCUT2D eigenvalue weighted by molar-refractivity contribution is 5.78. The number of hydrogen-bond acceptors (Lipinski definition) is 3. The van der Waals surface area contributed by atoms with Gasteiger partial charge in [-0.2, -0.15) is 0 Å². The standard InChI is InChI=1S/C15H31N3O/c1-12(2)6-4-7-13(3)17-15(19)11-18-9-5-8-14(16)10-18/h12-14H,4-11,16H2,1-3H3,(H,17,19)/t13?,14-/m1/s1. The predicted octanol–water partition coefficient (Wildman–Crippen LogP) is 1.74. The molecule has 0 saturated carbocycles. The molecule has 0 aromatic rings. The first-order chi connectivity index (χ1) is 8.97. The largest absolute Gasteiger partial charge is 0.353 e. The highest BCUT2D eigenvalue weighted by Gasteiger charge is 2.19. The van der Waals surface area contributed by atoms with Crippen LogP contribution in [0.25, 0.3) is 0 Å². The number of nitrogens with two attached hydrogens (primary N) is 1. The molecule has 1 heterocycles. The van der Waals surface area contributed by atoms with Crippen molar-refractivity contribution in [3.05, 3.63) is 0 Å². The van der Waals surface area contributed by atoms with Crippen LogP contribution >= 0.6 is 0 Å². The van der Waals surface area contributed by atoms with Gasteiger partial charge in [0, 0.05) is 18.6 Å². The number of amides is 1. The summed E-state index contributed by atoms with van der Waals surface area (Å²) in [6.45, 7) is 8.94. The van der Waals surface area contributed by atoms with Gasteiger partial charge in [0.2, 0.25) is 5.91 Å². The van der Waals surface area contributed by atoms with E-state index in [2.05, 4.69) is 31.0 Å². The molecule has 1 unspecified atom stereocenters. The Balaban J connectivity index is 2.15. The van der Waals surface area contributed by atoms with Crippen LogP contribution in [0.4, 0.5) is 0 Å². The number of rotatable bonds is 7. The molecule has 4 heteroatoms. The lowest BCUT2D eigenvalue weighted by molar-refractivity contribution is -0.123. The van der Waals surface area contributed by atoms with Crippen molar-refractivity contribution in [3.8, 4) is 0 Å². The Morgan fingerprint density at radius 1 is 1.37 bits per heavy atom. The summed E-state index contributed by atoms with van der Waals surface area (Å²) in [4.78, 5) is 14.1. The molecule has 1 aliphatic heterocycles. The van der Waals surface area contributed by atoms with Crippen LogP contribution in [0.2, 0.25) is 0 Å². The lowest BCUT2D eigenvalue weighted by Gasteiger charge is -2.30. The summed E-state index contributed by atoms with van der Waals surface area (Å²) in [5, 5.41) is 3.09. The Morgan fingerprint density at radius 2 is 2.11 bits per heavy atom. The number of hydrogen-bond donors (Lipinski definition) is 2. The number of carbonyl (C=O) groups excluding carboxylic acids is 1. The molecule has 1 rings (SSSR count). The van der Waals surface area contributed by atoms with Crippen molar-refractivity contribution in [2.75, 3.05) is 19.6 Å². The molecule has 1 fully saturated rings. The monoisotopic (exact) mass is 269 g/mol. The third-order valence-electron chi connectivity index (χ3n) is 3.74. The summed E-state index contributed by atoms with van der Waals surface area (Å²) >= 11 is 0. The summed E-state index contributed by atoms with van der Waals surface area (Å²) in [7, 11) is 0. The van der Waals surface area contributed by atoms with Gasteiger partial charge in [0.05, 0.1) is 6.54 Å². The highest BCUT2D eigenvalue weighted by Crippen LogP contribution is 2.09. The average Bonchev–Trinajstić information content (AvgIpc) is 2.27. The maximum atomic E-state index is 11.9. The first-order valence-electron chi connectivity index (χ1n) is 7.74. The Labute approximate surface area is 118 Å². The molecule has 0 aromatic heterocycles. The zero-order valence-electron chi connectivity index (χ0n) is 12.8. The van der Waals surface area contributed by atoms with Crippen LogP contribution in [0.3, 0.4) is 0 Å². The van der Waals surface area contributed by atoms with E-state index in [9.17, 15) is 4.79 Å². The minimum absolute atomic E-state index is 0.145. The molecular formula is C15H31N3O. The summed E-state index contributed by atoms with van der Waals surface area (Å²) in [6.07, 6.45) is 5.69. The fraction of sp³-hybridized carbons (Fsp3) is 0.933. The smallest absolute Gasteiger partial charge is 0.234 e. The Morgan fingerprint density at radius 3 is 2.74 bits per heavy atom. The quantitative estimate of drug-likeness (QED) is 0.740. The third kappa shape index (κ3) is 7.53. The molecule has 112 valence electrons. The number of nitrogens with zero attached hydrogens (tertiary/aromatic N) is 1. The molecule has 0 aliphatic carbocycles. The molecule has 1 saturated heterocycles. The van der Waals surface area contributed by atoms with Crippen LogP contribution in [-0.4, -0.2) is 42.5 Å². The van der Waals surface area contributed by atoms with Crippen LogP contribution in [0.5, 0.6) is 0 Å². The van der Waals surface area contributed by atoms with Crippen LogP contribution in [0.1, 0.15) is 52.9 Å². The second-order valence-electron chi connectivity index (χ2n) is 6.43. The van der Waals surface area contributed by atoms with Crippen LogP contribution < -0.4 is 11.1 Å². The zero-order chi connectivity index (χ0) is 14.3. The normalized spacial score (nSPS) is 22.5. The molecule has 1 amide bonds. The Hall–Kier alpha value is -0.610. The van der Waals surface area contributed by atoms with E-state index in [4.69, 9.17) is 5.73 Å². The van der Waals surface area contributed by atoms with E-state index in [1.165, 1.54) is 12.8 Å². The van der Waals surface area contributed by atoms with E-state index in [0.717, 1.165) is 38.3 Å².